The number of rotatable bonds is 8. The van der Waals surface area contributed by atoms with Crippen LogP contribution in [0.3, 0.4) is 0 Å². The minimum Gasteiger partial charge on any atom is -0.347 e. The van der Waals surface area contributed by atoms with E-state index in [1.54, 1.807) is 12.5 Å². The summed E-state index contributed by atoms with van der Waals surface area (Å²) in [4.78, 5) is 24.0. The zero-order chi connectivity index (χ0) is 17.5. The van der Waals surface area contributed by atoms with Gasteiger partial charge in [-0.05, 0) is 44.1 Å². The summed E-state index contributed by atoms with van der Waals surface area (Å²) in [6.07, 6.45) is 4.44. The van der Waals surface area contributed by atoms with E-state index in [0.29, 0.717) is 19.0 Å². The van der Waals surface area contributed by atoms with Gasteiger partial charge >= 0.3 is 0 Å². The predicted octanol–water partition coefficient (Wildman–Crippen LogP) is 2.81. The Kier molecular flexibility index (Phi) is 6.55. The molecule has 1 aromatic carbocycles. The summed E-state index contributed by atoms with van der Waals surface area (Å²) in [6.45, 7) is 6.45. The lowest BCUT2D eigenvalue weighted by Crippen LogP contribution is -2.36. The van der Waals surface area contributed by atoms with Crippen LogP contribution in [0.25, 0.3) is 0 Å². The largest absolute Gasteiger partial charge is 0.347 e. The molecule has 0 aliphatic carbocycles. The summed E-state index contributed by atoms with van der Waals surface area (Å²) in [6, 6.07) is 8.01. The molecule has 0 aliphatic rings. The summed E-state index contributed by atoms with van der Waals surface area (Å²) in [7, 11) is 4.03. The van der Waals surface area contributed by atoms with Crippen LogP contribution in [0.2, 0.25) is 0 Å². The van der Waals surface area contributed by atoms with Crippen LogP contribution >= 0.6 is 0 Å². The summed E-state index contributed by atoms with van der Waals surface area (Å²) in [5.74, 6) is 0.672. The molecule has 24 heavy (non-hydrogen) atoms. The molecule has 0 bridgehead atoms. The molecule has 0 fully saturated rings. The number of hydrogen-bond donors (Lipinski definition) is 1. The molecule has 1 amide bonds. The highest BCUT2D eigenvalue weighted by atomic mass is 16.2. The molecule has 130 valence electrons. The molecule has 2 rings (SSSR count). The van der Waals surface area contributed by atoms with Crippen LogP contribution in [0.15, 0.2) is 36.8 Å². The molecular formula is C19H28N4O. The van der Waals surface area contributed by atoms with Gasteiger partial charge in [0.05, 0.1) is 18.6 Å². The van der Waals surface area contributed by atoms with Gasteiger partial charge < -0.3 is 14.8 Å². The molecule has 1 aromatic heterocycles. The second kappa shape index (κ2) is 8.64. The van der Waals surface area contributed by atoms with Crippen LogP contribution in [-0.4, -0.2) is 52.9 Å². The molecule has 0 saturated heterocycles. The van der Waals surface area contributed by atoms with Crippen LogP contribution in [0.1, 0.15) is 35.5 Å². The number of nitrogens with one attached hydrogen (secondary N) is 1. The minimum absolute atomic E-state index is 0.0579. The summed E-state index contributed by atoms with van der Waals surface area (Å²) >= 11 is 0. The van der Waals surface area contributed by atoms with Gasteiger partial charge in [0.25, 0.3) is 5.91 Å². The Balaban J connectivity index is 2.10. The number of H-pyrrole nitrogens is 1. The van der Waals surface area contributed by atoms with Crippen LogP contribution in [-0.2, 0) is 13.0 Å². The molecule has 5 heteroatoms. The van der Waals surface area contributed by atoms with Crippen molar-refractivity contribution in [1.29, 1.82) is 0 Å². The maximum Gasteiger partial charge on any atom is 0.254 e. The molecule has 1 N–H and O–H groups in total. The van der Waals surface area contributed by atoms with Crippen LogP contribution < -0.4 is 0 Å². The summed E-state index contributed by atoms with van der Waals surface area (Å²) < 4.78 is 0. The average molecular weight is 328 g/mol. The zero-order valence-corrected chi connectivity index (χ0v) is 15.1. The van der Waals surface area contributed by atoms with E-state index >= 15 is 0 Å². The molecule has 0 aliphatic heterocycles. The fraction of sp³-hybridized carbons (Fsp3) is 0.474. The second-order valence-electron chi connectivity index (χ2n) is 6.90. The number of aromatic amines is 1. The van der Waals surface area contributed by atoms with E-state index in [9.17, 15) is 4.79 Å². The quantitative estimate of drug-likeness (QED) is 0.811. The van der Waals surface area contributed by atoms with Crippen molar-refractivity contribution in [3.8, 4) is 0 Å². The van der Waals surface area contributed by atoms with Crippen molar-refractivity contribution in [2.24, 2.45) is 5.92 Å². The lowest BCUT2D eigenvalue weighted by molar-refractivity contribution is 0.0730. The van der Waals surface area contributed by atoms with E-state index in [2.05, 4.69) is 40.8 Å². The molecule has 2 aromatic rings. The third kappa shape index (κ3) is 5.49. The first-order valence-electron chi connectivity index (χ1n) is 8.46. The third-order valence-corrected chi connectivity index (χ3v) is 3.87. The highest BCUT2D eigenvalue weighted by Crippen LogP contribution is 2.13. The van der Waals surface area contributed by atoms with Crippen molar-refractivity contribution < 1.29 is 4.79 Å². The van der Waals surface area contributed by atoms with Gasteiger partial charge in [-0.15, -0.1) is 0 Å². The van der Waals surface area contributed by atoms with Crippen molar-refractivity contribution in [3.63, 3.8) is 0 Å². The Bertz CT molecular complexity index is 617. The van der Waals surface area contributed by atoms with E-state index in [1.807, 2.05) is 31.1 Å². The maximum absolute atomic E-state index is 12.9. The highest BCUT2D eigenvalue weighted by Gasteiger charge is 2.17. The molecule has 0 radical (unpaired) electrons. The topological polar surface area (TPSA) is 52.2 Å². The SMILES string of the molecule is CC(C)Cc1ccc(C(=O)N(CCN(C)C)Cc2cnc[nH]2)cc1. The fourth-order valence-corrected chi connectivity index (χ4v) is 2.59. The van der Waals surface area contributed by atoms with E-state index < -0.39 is 0 Å². The normalized spacial score (nSPS) is 11.2. The zero-order valence-electron chi connectivity index (χ0n) is 15.1. The van der Waals surface area contributed by atoms with Crippen molar-refractivity contribution in [2.75, 3.05) is 27.2 Å². The van der Waals surface area contributed by atoms with Crippen molar-refractivity contribution in [2.45, 2.75) is 26.8 Å². The molecule has 0 atom stereocenters. The number of hydrogen-bond acceptors (Lipinski definition) is 3. The first-order chi connectivity index (χ1) is 11.5. The number of likely N-dealkylation sites (N-methyl/N-ethyl adjacent to an activating group) is 1. The first-order valence-corrected chi connectivity index (χ1v) is 8.46. The smallest absolute Gasteiger partial charge is 0.254 e. The monoisotopic (exact) mass is 328 g/mol. The number of aromatic nitrogens is 2. The number of imidazole rings is 1. The molecule has 0 spiro atoms. The summed E-state index contributed by atoms with van der Waals surface area (Å²) in [5.41, 5.74) is 2.95. The molecule has 5 nitrogen and oxygen atoms in total. The Morgan fingerprint density at radius 2 is 1.88 bits per heavy atom. The number of amides is 1. The number of carbonyl (C=O) groups excluding carboxylic acids is 1. The summed E-state index contributed by atoms with van der Waals surface area (Å²) in [5, 5.41) is 0. The van der Waals surface area contributed by atoms with Gasteiger partial charge in [0, 0.05) is 24.8 Å². The van der Waals surface area contributed by atoms with Gasteiger partial charge in [-0.1, -0.05) is 26.0 Å². The third-order valence-electron chi connectivity index (χ3n) is 3.87. The Morgan fingerprint density at radius 3 is 2.42 bits per heavy atom. The maximum atomic E-state index is 12.9. The number of benzene rings is 1. The lowest BCUT2D eigenvalue weighted by atomic mass is 10.0. The van der Waals surface area contributed by atoms with E-state index in [-0.39, 0.29) is 5.91 Å². The van der Waals surface area contributed by atoms with Gasteiger partial charge in [0.2, 0.25) is 0 Å². The van der Waals surface area contributed by atoms with E-state index in [4.69, 9.17) is 0 Å². The predicted molar refractivity (Wildman–Crippen MR) is 96.9 cm³/mol. The average Bonchev–Trinajstić information content (AvgIpc) is 3.04. The van der Waals surface area contributed by atoms with Crippen LogP contribution in [0.4, 0.5) is 0 Å². The Hall–Kier alpha value is -2.14. The van der Waals surface area contributed by atoms with Gasteiger partial charge in [-0.3, -0.25) is 4.79 Å². The molecular weight excluding hydrogens is 300 g/mol. The van der Waals surface area contributed by atoms with E-state index in [0.717, 1.165) is 24.2 Å². The van der Waals surface area contributed by atoms with Crippen LogP contribution in [0, 0.1) is 5.92 Å². The van der Waals surface area contributed by atoms with Gasteiger partial charge in [-0.2, -0.15) is 0 Å². The highest BCUT2D eigenvalue weighted by molar-refractivity contribution is 5.94. The Labute approximate surface area is 144 Å². The van der Waals surface area contributed by atoms with E-state index in [1.165, 1.54) is 5.56 Å². The second-order valence-corrected chi connectivity index (χ2v) is 6.90. The minimum atomic E-state index is 0.0579. The van der Waals surface area contributed by atoms with Crippen molar-refractivity contribution >= 4 is 5.91 Å². The number of nitrogens with zero attached hydrogens (tertiary/aromatic N) is 3. The molecule has 1 heterocycles. The standard InChI is InChI=1S/C19H28N4O/c1-15(2)11-16-5-7-17(8-6-16)19(24)23(10-9-22(3)4)13-18-12-20-14-21-18/h5-8,12,14-15H,9-11,13H2,1-4H3,(H,20,21). The first kappa shape index (κ1) is 18.2. The Morgan fingerprint density at radius 1 is 1.17 bits per heavy atom. The molecule has 0 saturated carbocycles. The molecule has 0 unspecified atom stereocenters. The van der Waals surface area contributed by atoms with Gasteiger partial charge in [-0.25, -0.2) is 4.98 Å². The lowest BCUT2D eigenvalue weighted by Gasteiger charge is -2.24. The fourth-order valence-electron chi connectivity index (χ4n) is 2.59. The van der Waals surface area contributed by atoms with Crippen LogP contribution in [0.5, 0.6) is 0 Å². The van der Waals surface area contributed by atoms with Gasteiger partial charge in [0.1, 0.15) is 0 Å². The van der Waals surface area contributed by atoms with Crippen molar-refractivity contribution in [1.82, 2.24) is 19.8 Å². The van der Waals surface area contributed by atoms with Gasteiger partial charge in [0.15, 0.2) is 0 Å². The number of carbonyl (C=O) groups is 1. The van der Waals surface area contributed by atoms with Crippen molar-refractivity contribution in [3.05, 3.63) is 53.6 Å².